The van der Waals surface area contributed by atoms with Gasteiger partial charge in [0, 0.05) is 0 Å². The molecule has 2 heterocycles. The Balaban J connectivity index is 1.82. The lowest BCUT2D eigenvalue weighted by atomic mass is 10.1. The summed E-state index contributed by atoms with van der Waals surface area (Å²) in [6.07, 6.45) is 0. The van der Waals surface area contributed by atoms with Gasteiger partial charge in [-0.15, -0.1) is 0 Å². The van der Waals surface area contributed by atoms with Gasteiger partial charge in [-0.05, 0) is 19.1 Å². The van der Waals surface area contributed by atoms with E-state index in [1.54, 1.807) is 4.90 Å². The Morgan fingerprint density at radius 3 is 2.81 bits per heavy atom. The Morgan fingerprint density at radius 1 is 1.33 bits per heavy atom. The third-order valence-electron chi connectivity index (χ3n) is 4.15. The molecule has 6 heteroatoms. The van der Waals surface area contributed by atoms with Crippen molar-refractivity contribution in [2.24, 2.45) is 0 Å². The number of benzene rings is 1. The molecule has 0 aliphatic carbocycles. The maximum Gasteiger partial charge on any atom is 0.285 e. The first-order valence-corrected chi connectivity index (χ1v) is 7.29. The summed E-state index contributed by atoms with van der Waals surface area (Å²) in [5, 5.41) is 2.80. The summed E-state index contributed by atoms with van der Waals surface area (Å²) in [5.74, 6) is -0.152. The van der Waals surface area contributed by atoms with Crippen LogP contribution >= 0.6 is 0 Å². The summed E-state index contributed by atoms with van der Waals surface area (Å²) in [6, 6.07) is 7.24. The maximum absolute atomic E-state index is 12.8. The average Bonchev–Trinajstić information content (AvgIpc) is 2.53. The molecule has 112 valence electrons. The molecule has 21 heavy (non-hydrogen) atoms. The van der Waals surface area contributed by atoms with Gasteiger partial charge in [0.25, 0.3) is 5.91 Å². The zero-order valence-corrected chi connectivity index (χ0v) is 12.1. The van der Waals surface area contributed by atoms with Crippen LogP contribution in [-0.4, -0.2) is 50.7 Å². The Morgan fingerprint density at radius 2 is 2.05 bits per heavy atom. The van der Waals surface area contributed by atoms with Crippen LogP contribution in [0.5, 0.6) is 0 Å². The number of anilines is 2. The number of rotatable bonds is 2. The number of quaternary nitrogens is 1. The first-order valence-electron chi connectivity index (χ1n) is 7.29. The second-order valence-corrected chi connectivity index (χ2v) is 5.48. The van der Waals surface area contributed by atoms with Crippen molar-refractivity contribution < 1.29 is 19.2 Å². The van der Waals surface area contributed by atoms with Crippen LogP contribution < -0.4 is 15.1 Å². The summed E-state index contributed by atoms with van der Waals surface area (Å²) in [5.41, 5.74) is 1.48. The highest BCUT2D eigenvalue weighted by molar-refractivity contribution is 6.10. The summed E-state index contributed by atoms with van der Waals surface area (Å²) >= 11 is 0. The van der Waals surface area contributed by atoms with Crippen molar-refractivity contribution in [1.82, 2.24) is 0 Å². The van der Waals surface area contributed by atoms with E-state index in [9.17, 15) is 9.59 Å². The molecule has 1 fully saturated rings. The number of morpholine rings is 1. The number of carbonyl (C=O) groups excluding carboxylic acids is 2. The van der Waals surface area contributed by atoms with Crippen molar-refractivity contribution in [2.75, 3.05) is 43.1 Å². The Hall–Kier alpha value is -1.92. The predicted molar refractivity (Wildman–Crippen MR) is 78.4 cm³/mol. The van der Waals surface area contributed by atoms with E-state index in [1.807, 2.05) is 31.2 Å². The first-order chi connectivity index (χ1) is 10.2. The largest absolute Gasteiger partial charge is 0.370 e. The average molecular weight is 290 g/mol. The Kier molecular flexibility index (Phi) is 3.90. The van der Waals surface area contributed by atoms with E-state index in [2.05, 4.69) is 5.32 Å². The highest BCUT2D eigenvalue weighted by Gasteiger charge is 2.34. The second-order valence-electron chi connectivity index (χ2n) is 5.48. The molecule has 1 aromatic carbocycles. The number of nitrogens with zero attached hydrogens (tertiary/aromatic N) is 1. The van der Waals surface area contributed by atoms with Gasteiger partial charge in [-0.1, -0.05) is 12.1 Å². The summed E-state index contributed by atoms with van der Waals surface area (Å²) in [6.45, 7) is 5.04. The highest BCUT2D eigenvalue weighted by atomic mass is 16.5. The minimum Gasteiger partial charge on any atom is -0.370 e. The molecule has 2 N–H and O–H groups in total. The van der Waals surface area contributed by atoms with Gasteiger partial charge in [0.2, 0.25) is 5.91 Å². The van der Waals surface area contributed by atoms with Crippen LogP contribution in [0.2, 0.25) is 0 Å². The number of ether oxygens (including phenoxy) is 1. The van der Waals surface area contributed by atoms with E-state index in [0.29, 0.717) is 18.9 Å². The van der Waals surface area contributed by atoms with E-state index in [1.165, 1.54) is 4.90 Å². The third-order valence-corrected chi connectivity index (χ3v) is 4.15. The fourth-order valence-electron chi connectivity index (χ4n) is 2.90. The van der Waals surface area contributed by atoms with E-state index >= 15 is 0 Å². The second kappa shape index (κ2) is 5.83. The molecule has 3 rings (SSSR count). The van der Waals surface area contributed by atoms with Gasteiger partial charge in [0.15, 0.2) is 6.04 Å². The van der Waals surface area contributed by atoms with Gasteiger partial charge >= 0.3 is 0 Å². The zero-order chi connectivity index (χ0) is 14.8. The summed E-state index contributed by atoms with van der Waals surface area (Å²) < 4.78 is 5.34. The smallest absolute Gasteiger partial charge is 0.285 e. The van der Waals surface area contributed by atoms with Gasteiger partial charge < -0.3 is 15.0 Å². The van der Waals surface area contributed by atoms with Crippen LogP contribution in [0.25, 0.3) is 0 Å². The first kappa shape index (κ1) is 14.0. The standard InChI is InChI=1S/C15H19N3O3/c1-11(17-6-8-21-9-7-17)15(20)18-10-14(19)16-12-4-2-3-5-13(12)18/h2-5,11H,6-10H2,1H3,(H,16,19)/p+1/t11-/m1/s1. The van der Waals surface area contributed by atoms with Crippen molar-refractivity contribution >= 4 is 23.2 Å². The Labute approximate surface area is 123 Å². The van der Waals surface area contributed by atoms with Crippen molar-refractivity contribution in [2.45, 2.75) is 13.0 Å². The molecule has 6 nitrogen and oxygen atoms in total. The fraction of sp³-hybridized carbons (Fsp3) is 0.467. The molecular weight excluding hydrogens is 270 g/mol. The maximum atomic E-state index is 12.8. The van der Waals surface area contributed by atoms with Crippen LogP contribution in [0.4, 0.5) is 11.4 Å². The molecule has 2 amide bonds. The molecule has 0 unspecified atom stereocenters. The molecule has 0 aromatic heterocycles. The van der Waals surface area contributed by atoms with Crippen molar-refractivity contribution in [3.05, 3.63) is 24.3 Å². The van der Waals surface area contributed by atoms with Crippen LogP contribution in [0.1, 0.15) is 6.92 Å². The quantitative estimate of drug-likeness (QED) is 0.755. The van der Waals surface area contributed by atoms with Crippen LogP contribution in [0.3, 0.4) is 0 Å². The number of fused-ring (bicyclic) bond motifs is 1. The number of amides is 2. The van der Waals surface area contributed by atoms with Crippen molar-refractivity contribution in [3.8, 4) is 0 Å². The molecule has 1 saturated heterocycles. The van der Waals surface area contributed by atoms with Crippen LogP contribution in [-0.2, 0) is 14.3 Å². The molecule has 1 aromatic rings. The van der Waals surface area contributed by atoms with Gasteiger partial charge in [-0.2, -0.15) is 0 Å². The van der Waals surface area contributed by atoms with E-state index < -0.39 is 0 Å². The van der Waals surface area contributed by atoms with Gasteiger partial charge in [0.05, 0.1) is 24.6 Å². The summed E-state index contributed by atoms with van der Waals surface area (Å²) in [7, 11) is 0. The molecule has 0 radical (unpaired) electrons. The normalized spacial score (nSPS) is 20.6. The third kappa shape index (κ3) is 2.77. The molecule has 1 atom stereocenters. The molecule has 0 bridgehead atoms. The monoisotopic (exact) mass is 290 g/mol. The molecule has 0 spiro atoms. The van der Waals surface area contributed by atoms with E-state index in [-0.39, 0.29) is 24.4 Å². The van der Waals surface area contributed by atoms with Crippen molar-refractivity contribution in [1.29, 1.82) is 0 Å². The number of carbonyl (C=O) groups is 2. The van der Waals surface area contributed by atoms with Gasteiger partial charge in [0.1, 0.15) is 19.6 Å². The molecule has 2 aliphatic heterocycles. The topological polar surface area (TPSA) is 63.1 Å². The number of hydrogen-bond donors (Lipinski definition) is 2. The SMILES string of the molecule is C[C@H](C(=O)N1CC(=O)Nc2ccccc21)[NH+]1CCOCC1. The zero-order valence-electron chi connectivity index (χ0n) is 12.1. The minimum atomic E-state index is -0.173. The fourth-order valence-corrected chi connectivity index (χ4v) is 2.90. The Bertz CT molecular complexity index is 555. The van der Waals surface area contributed by atoms with Crippen molar-refractivity contribution in [3.63, 3.8) is 0 Å². The van der Waals surface area contributed by atoms with Crippen LogP contribution in [0.15, 0.2) is 24.3 Å². The van der Waals surface area contributed by atoms with Gasteiger partial charge in [-0.25, -0.2) is 0 Å². The lowest BCUT2D eigenvalue weighted by Gasteiger charge is -2.34. The minimum absolute atomic E-state index is 0.00537. The molecule has 0 saturated carbocycles. The predicted octanol–water partition coefficient (Wildman–Crippen LogP) is -0.725. The van der Waals surface area contributed by atoms with Gasteiger partial charge in [-0.3, -0.25) is 14.5 Å². The molecular formula is C15H20N3O3+. The highest BCUT2D eigenvalue weighted by Crippen LogP contribution is 2.29. The van der Waals surface area contributed by atoms with E-state index in [4.69, 9.17) is 4.74 Å². The number of nitrogens with one attached hydrogen (secondary N) is 2. The van der Waals surface area contributed by atoms with E-state index in [0.717, 1.165) is 18.8 Å². The summed E-state index contributed by atoms with van der Waals surface area (Å²) in [4.78, 5) is 27.4. The number of hydrogen-bond acceptors (Lipinski definition) is 3. The lowest BCUT2D eigenvalue weighted by Crippen LogP contribution is -3.18. The number of para-hydroxylation sites is 2. The lowest BCUT2D eigenvalue weighted by molar-refractivity contribution is -0.921. The molecule has 2 aliphatic rings. The van der Waals surface area contributed by atoms with Crippen LogP contribution in [0, 0.1) is 0 Å².